The van der Waals surface area contributed by atoms with E-state index in [4.69, 9.17) is 23.8 Å². The Morgan fingerprint density at radius 2 is 1.86 bits per heavy atom. The molecule has 0 aromatic heterocycles. The summed E-state index contributed by atoms with van der Waals surface area (Å²) >= 11 is 10.7. The average Bonchev–Trinajstić information content (AvgIpc) is 2.49. The zero-order valence-electron chi connectivity index (χ0n) is 11.1. The number of hydrogen-bond donors (Lipinski definition) is 2. The first kappa shape index (κ1) is 15.9. The Kier molecular flexibility index (Phi) is 5.03. The molecule has 0 heterocycles. The molecular weight excluding hydrogens is 326 g/mol. The molecule has 2 N–H and O–H groups in total. The van der Waals surface area contributed by atoms with Crippen molar-refractivity contribution in [1.29, 1.82) is 0 Å². The van der Waals surface area contributed by atoms with Gasteiger partial charge in [0, 0.05) is 16.7 Å². The molecule has 6 nitrogen and oxygen atoms in total. The largest absolute Gasteiger partial charge is 0.327 e. The van der Waals surface area contributed by atoms with Crippen LogP contribution < -0.4 is 10.6 Å². The minimum Gasteiger partial charge on any atom is -0.327 e. The lowest BCUT2D eigenvalue weighted by Gasteiger charge is -2.10. The zero-order valence-corrected chi connectivity index (χ0v) is 12.6. The van der Waals surface area contributed by atoms with Crippen molar-refractivity contribution in [3.63, 3.8) is 0 Å². The maximum atomic E-state index is 11.9. The maximum Gasteiger partial charge on any atom is 0.294 e. The predicted molar refractivity (Wildman–Crippen MR) is 88.2 cm³/mol. The van der Waals surface area contributed by atoms with E-state index >= 15 is 0 Å². The number of nitrogens with zero attached hydrogens (tertiary/aromatic N) is 1. The highest BCUT2D eigenvalue weighted by atomic mass is 35.5. The molecule has 1 amide bonds. The van der Waals surface area contributed by atoms with Gasteiger partial charge < -0.3 is 5.32 Å². The summed E-state index contributed by atoms with van der Waals surface area (Å²) in [6.45, 7) is 0. The molecule has 0 aliphatic heterocycles. The summed E-state index contributed by atoms with van der Waals surface area (Å²) < 4.78 is 0. The molecule has 0 bridgehead atoms. The third kappa shape index (κ3) is 4.00. The summed E-state index contributed by atoms with van der Waals surface area (Å²) in [6.07, 6.45) is 0. The zero-order chi connectivity index (χ0) is 16.1. The fourth-order valence-corrected chi connectivity index (χ4v) is 2.05. The van der Waals surface area contributed by atoms with E-state index in [1.807, 2.05) is 0 Å². The molecule has 2 aromatic rings. The van der Waals surface area contributed by atoms with Crippen LogP contribution in [-0.2, 0) is 0 Å². The highest BCUT2D eigenvalue weighted by molar-refractivity contribution is 7.80. The van der Waals surface area contributed by atoms with E-state index in [-0.39, 0.29) is 21.5 Å². The summed E-state index contributed by atoms with van der Waals surface area (Å²) in [6, 6.07) is 12.6. The third-order valence-corrected chi connectivity index (χ3v) is 3.11. The quantitative estimate of drug-likeness (QED) is 0.510. The molecular formula is C14H10ClN3O3S. The summed E-state index contributed by atoms with van der Waals surface area (Å²) in [7, 11) is 0. The van der Waals surface area contributed by atoms with Gasteiger partial charge in [0.15, 0.2) is 5.11 Å². The van der Waals surface area contributed by atoms with E-state index in [0.29, 0.717) is 5.56 Å². The number of carbonyl (C=O) groups is 1. The molecule has 8 heteroatoms. The van der Waals surface area contributed by atoms with Gasteiger partial charge in [-0.3, -0.25) is 20.2 Å². The molecule has 2 aromatic carbocycles. The molecule has 0 unspecified atom stereocenters. The normalized spacial score (nSPS) is 9.86. The van der Waals surface area contributed by atoms with Gasteiger partial charge in [-0.25, -0.2) is 0 Å². The number of nitro benzene ring substituents is 1. The minimum absolute atomic E-state index is 0.0423. The van der Waals surface area contributed by atoms with Crippen molar-refractivity contribution >= 4 is 46.2 Å². The molecule has 0 aliphatic rings. The van der Waals surface area contributed by atoms with E-state index in [0.717, 1.165) is 0 Å². The van der Waals surface area contributed by atoms with Gasteiger partial charge in [-0.1, -0.05) is 29.8 Å². The first-order chi connectivity index (χ1) is 10.5. The molecule has 0 atom stereocenters. The van der Waals surface area contributed by atoms with E-state index in [9.17, 15) is 14.9 Å². The van der Waals surface area contributed by atoms with Gasteiger partial charge in [-0.15, -0.1) is 0 Å². The maximum absolute atomic E-state index is 11.9. The van der Waals surface area contributed by atoms with Crippen LogP contribution in [0.15, 0.2) is 48.5 Å². The van der Waals surface area contributed by atoms with Crippen LogP contribution in [0.3, 0.4) is 0 Å². The van der Waals surface area contributed by atoms with Crippen LogP contribution in [0, 0.1) is 10.1 Å². The van der Waals surface area contributed by atoms with Gasteiger partial charge >= 0.3 is 0 Å². The van der Waals surface area contributed by atoms with E-state index in [1.54, 1.807) is 30.3 Å². The van der Waals surface area contributed by atoms with Crippen LogP contribution in [0.2, 0.25) is 5.02 Å². The molecule has 0 saturated heterocycles. The number of halogens is 1. The standard InChI is InChI=1S/C14H10ClN3O3S/c15-10-6-7-11(12(8-10)18(20)21)16-14(22)17-13(19)9-4-2-1-3-5-9/h1-8H,(H2,16,17,19,22). The van der Waals surface area contributed by atoms with Gasteiger partial charge in [0.1, 0.15) is 5.69 Å². The van der Waals surface area contributed by atoms with Gasteiger partial charge in [0.2, 0.25) is 0 Å². The van der Waals surface area contributed by atoms with Crippen molar-refractivity contribution in [1.82, 2.24) is 5.32 Å². The minimum atomic E-state index is -0.587. The number of hydrogen-bond acceptors (Lipinski definition) is 4. The van der Waals surface area contributed by atoms with Crippen molar-refractivity contribution in [3.05, 3.63) is 69.2 Å². The van der Waals surface area contributed by atoms with E-state index in [2.05, 4.69) is 10.6 Å². The number of nitrogens with one attached hydrogen (secondary N) is 2. The fraction of sp³-hybridized carbons (Fsp3) is 0. The SMILES string of the molecule is O=C(NC(=S)Nc1ccc(Cl)cc1[N+](=O)[O-])c1ccccc1. The predicted octanol–water partition coefficient (Wildman–Crippen LogP) is 3.38. The van der Waals surface area contributed by atoms with E-state index < -0.39 is 10.8 Å². The van der Waals surface area contributed by atoms with Gasteiger partial charge in [0.25, 0.3) is 11.6 Å². The number of rotatable bonds is 3. The van der Waals surface area contributed by atoms with Crippen LogP contribution in [0.1, 0.15) is 10.4 Å². The second kappa shape index (κ2) is 6.97. The first-order valence-electron chi connectivity index (χ1n) is 6.08. The van der Waals surface area contributed by atoms with Crippen LogP contribution in [0.25, 0.3) is 0 Å². The first-order valence-corrected chi connectivity index (χ1v) is 6.87. The van der Waals surface area contributed by atoms with Crippen molar-refractivity contribution in [2.45, 2.75) is 0 Å². The molecule has 0 spiro atoms. The number of benzene rings is 2. The Morgan fingerprint density at radius 3 is 2.50 bits per heavy atom. The van der Waals surface area contributed by atoms with Crippen LogP contribution in [0.5, 0.6) is 0 Å². The summed E-state index contributed by atoms with van der Waals surface area (Å²) in [5, 5.41) is 16.2. The summed E-state index contributed by atoms with van der Waals surface area (Å²) in [5.41, 5.74) is 0.342. The summed E-state index contributed by atoms with van der Waals surface area (Å²) in [5.74, 6) is -0.408. The molecule has 0 aliphatic carbocycles. The lowest BCUT2D eigenvalue weighted by Crippen LogP contribution is -2.34. The number of nitro groups is 1. The molecule has 0 radical (unpaired) electrons. The molecule has 2 rings (SSSR count). The highest BCUT2D eigenvalue weighted by Crippen LogP contribution is 2.27. The molecule has 0 fully saturated rings. The Labute approximate surface area is 136 Å². The second-order valence-electron chi connectivity index (χ2n) is 4.19. The molecule has 0 saturated carbocycles. The number of anilines is 1. The Bertz CT molecular complexity index is 737. The molecule has 112 valence electrons. The fourth-order valence-electron chi connectivity index (χ4n) is 1.68. The van der Waals surface area contributed by atoms with Gasteiger partial charge in [0.05, 0.1) is 4.92 Å². The van der Waals surface area contributed by atoms with Crippen LogP contribution in [-0.4, -0.2) is 15.9 Å². The van der Waals surface area contributed by atoms with Crippen LogP contribution in [0.4, 0.5) is 11.4 Å². The average molecular weight is 336 g/mol. The molecule has 22 heavy (non-hydrogen) atoms. The Morgan fingerprint density at radius 1 is 1.18 bits per heavy atom. The smallest absolute Gasteiger partial charge is 0.294 e. The highest BCUT2D eigenvalue weighted by Gasteiger charge is 2.16. The Balaban J connectivity index is 2.10. The van der Waals surface area contributed by atoms with E-state index in [1.165, 1.54) is 18.2 Å². The summed E-state index contributed by atoms with van der Waals surface area (Å²) in [4.78, 5) is 22.3. The lowest BCUT2D eigenvalue weighted by molar-refractivity contribution is -0.383. The number of carbonyl (C=O) groups excluding carboxylic acids is 1. The van der Waals surface area contributed by atoms with Crippen molar-refractivity contribution in [2.75, 3.05) is 5.32 Å². The second-order valence-corrected chi connectivity index (χ2v) is 5.04. The van der Waals surface area contributed by atoms with Crippen molar-refractivity contribution < 1.29 is 9.72 Å². The topological polar surface area (TPSA) is 84.3 Å². The van der Waals surface area contributed by atoms with Crippen molar-refractivity contribution in [3.8, 4) is 0 Å². The number of amides is 1. The Hall–Kier alpha value is -2.51. The third-order valence-electron chi connectivity index (χ3n) is 2.67. The van der Waals surface area contributed by atoms with Gasteiger partial charge in [-0.2, -0.15) is 0 Å². The number of thiocarbonyl (C=S) groups is 1. The van der Waals surface area contributed by atoms with Gasteiger partial charge in [-0.05, 0) is 36.5 Å². The van der Waals surface area contributed by atoms with Crippen LogP contribution >= 0.6 is 23.8 Å². The van der Waals surface area contributed by atoms with Crippen molar-refractivity contribution in [2.24, 2.45) is 0 Å². The monoisotopic (exact) mass is 335 g/mol. The lowest BCUT2D eigenvalue weighted by atomic mass is 10.2.